The molecular weight excluding hydrogens is 300 g/mol. The number of benzene rings is 1. The molecular formula is C12H15BrN2OS. The molecule has 1 aliphatic heterocycles. The molecule has 0 aliphatic carbocycles. The number of amides is 1. The van der Waals surface area contributed by atoms with Gasteiger partial charge in [0.15, 0.2) is 0 Å². The lowest BCUT2D eigenvalue weighted by Crippen LogP contribution is -2.37. The number of hydrogen-bond acceptors (Lipinski definition) is 3. The molecule has 1 heterocycles. The van der Waals surface area contributed by atoms with Gasteiger partial charge in [-0.2, -0.15) is 11.8 Å². The van der Waals surface area contributed by atoms with Gasteiger partial charge in [0.2, 0.25) is 0 Å². The number of rotatable bonds is 2. The van der Waals surface area contributed by atoms with Crippen molar-refractivity contribution in [2.24, 2.45) is 0 Å². The molecule has 1 saturated heterocycles. The van der Waals surface area contributed by atoms with Gasteiger partial charge < -0.3 is 11.1 Å². The molecule has 0 atom stereocenters. The fourth-order valence-corrected chi connectivity index (χ4v) is 3.33. The van der Waals surface area contributed by atoms with Crippen LogP contribution in [0.15, 0.2) is 22.7 Å². The van der Waals surface area contributed by atoms with Crippen molar-refractivity contribution in [3.63, 3.8) is 0 Å². The number of anilines is 1. The van der Waals surface area contributed by atoms with E-state index in [-0.39, 0.29) is 5.91 Å². The van der Waals surface area contributed by atoms with Crippen molar-refractivity contribution in [3.05, 3.63) is 28.2 Å². The van der Waals surface area contributed by atoms with Crippen LogP contribution in [0.5, 0.6) is 0 Å². The summed E-state index contributed by atoms with van der Waals surface area (Å²) in [5.41, 5.74) is 6.91. The van der Waals surface area contributed by atoms with Gasteiger partial charge in [-0.15, -0.1) is 0 Å². The average Bonchev–Trinajstić information content (AvgIpc) is 2.30. The van der Waals surface area contributed by atoms with Crippen LogP contribution in [0.3, 0.4) is 0 Å². The molecule has 1 fully saturated rings. The number of nitrogens with one attached hydrogen (secondary N) is 1. The van der Waals surface area contributed by atoms with Crippen molar-refractivity contribution in [3.8, 4) is 0 Å². The zero-order valence-electron chi connectivity index (χ0n) is 9.41. The number of halogens is 1. The van der Waals surface area contributed by atoms with E-state index >= 15 is 0 Å². The van der Waals surface area contributed by atoms with Crippen LogP contribution in [0, 0.1) is 0 Å². The van der Waals surface area contributed by atoms with Crippen molar-refractivity contribution in [2.45, 2.75) is 18.9 Å². The first-order valence-corrected chi connectivity index (χ1v) is 7.55. The highest BCUT2D eigenvalue weighted by molar-refractivity contribution is 9.10. The lowest BCUT2D eigenvalue weighted by atomic mass is 10.1. The molecule has 5 heteroatoms. The second-order valence-electron chi connectivity index (χ2n) is 4.09. The van der Waals surface area contributed by atoms with Crippen LogP contribution in [-0.4, -0.2) is 23.5 Å². The number of hydrogen-bond donors (Lipinski definition) is 2. The predicted octanol–water partition coefficient (Wildman–Crippen LogP) is 2.66. The molecule has 3 nitrogen and oxygen atoms in total. The molecule has 0 spiro atoms. The first-order chi connectivity index (χ1) is 8.16. The lowest BCUT2D eigenvalue weighted by Gasteiger charge is -2.22. The quantitative estimate of drug-likeness (QED) is 0.825. The fraction of sp³-hybridized carbons (Fsp3) is 0.417. The van der Waals surface area contributed by atoms with Crippen molar-refractivity contribution >= 4 is 39.3 Å². The Hall–Kier alpha value is -0.680. The number of carbonyl (C=O) groups excluding carboxylic acids is 1. The standard InChI is InChI=1S/C12H15BrN2OS/c13-8-1-2-10(11(14)7-8)12(16)15-9-3-5-17-6-4-9/h1-2,7,9H,3-6,14H2,(H,15,16). The summed E-state index contributed by atoms with van der Waals surface area (Å²) in [6.45, 7) is 0. The van der Waals surface area contributed by atoms with Crippen molar-refractivity contribution < 1.29 is 4.79 Å². The highest BCUT2D eigenvalue weighted by atomic mass is 79.9. The zero-order chi connectivity index (χ0) is 12.3. The minimum atomic E-state index is -0.0631. The van der Waals surface area contributed by atoms with Gasteiger partial charge in [0, 0.05) is 16.2 Å². The van der Waals surface area contributed by atoms with Crippen molar-refractivity contribution in [2.75, 3.05) is 17.2 Å². The first-order valence-electron chi connectivity index (χ1n) is 5.60. The van der Waals surface area contributed by atoms with Crippen LogP contribution in [0.4, 0.5) is 5.69 Å². The number of carbonyl (C=O) groups is 1. The van der Waals surface area contributed by atoms with Gasteiger partial charge >= 0.3 is 0 Å². The first kappa shape index (κ1) is 12.8. The second kappa shape index (κ2) is 5.78. The molecule has 0 radical (unpaired) electrons. The third-order valence-electron chi connectivity index (χ3n) is 2.81. The molecule has 3 N–H and O–H groups in total. The van der Waals surface area contributed by atoms with Crippen LogP contribution in [0.2, 0.25) is 0 Å². The van der Waals surface area contributed by atoms with E-state index in [1.54, 1.807) is 12.1 Å². The maximum atomic E-state index is 12.0. The van der Waals surface area contributed by atoms with E-state index in [0.29, 0.717) is 17.3 Å². The van der Waals surface area contributed by atoms with E-state index in [2.05, 4.69) is 21.2 Å². The molecule has 0 bridgehead atoms. The third-order valence-corrected chi connectivity index (χ3v) is 4.36. The van der Waals surface area contributed by atoms with Gasteiger partial charge in [-0.05, 0) is 42.5 Å². The number of nitrogens with two attached hydrogens (primary N) is 1. The average molecular weight is 315 g/mol. The Kier molecular flexibility index (Phi) is 4.34. The minimum Gasteiger partial charge on any atom is -0.398 e. The maximum Gasteiger partial charge on any atom is 0.253 e. The lowest BCUT2D eigenvalue weighted by molar-refractivity contribution is 0.0936. The van der Waals surface area contributed by atoms with Gasteiger partial charge in [-0.1, -0.05) is 15.9 Å². The Morgan fingerprint density at radius 3 is 2.76 bits per heavy atom. The van der Waals surface area contributed by atoms with Crippen molar-refractivity contribution in [1.82, 2.24) is 5.32 Å². The summed E-state index contributed by atoms with van der Waals surface area (Å²) in [7, 11) is 0. The van der Waals surface area contributed by atoms with Gasteiger partial charge in [0.25, 0.3) is 5.91 Å². The maximum absolute atomic E-state index is 12.0. The zero-order valence-corrected chi connectivity index (χ0v) is 11.8. The molecule has 1 aromatic rings. The molecule has 17 heavy (non-hydrogen) atoms. The van der Waals surface area contributed by atoms with E-state index in [4.69, 9.17) is 5.73 Å². The Balaban J connectivity index is 2.03. The summed E-state index contributed by atoms with van der Waals surface area (Å²) < 4.78 is 0.889. The topological polar surface area (TPSA) is 55.1 Å². The summed E-state index contributed by atoms with van der Waals surface area (Å²) >= 11 is 5.27. The van der Waals surface area contributed by atoms with Crippen molar-refractivity contribution in [1.29, 1.82) is 0 Å². The smallest absolute Gasteiger partial charge is 0.253 e. The summed E-state index contributed by atoms with van der Waals surface area (Å²) in [6, 6.07) is 5.65. The molecule has 1 aromatic carbocycles. The van der Waals surface area contributed by atoms with Gasteiger partial charge in [-0.25, -0.2) is 0 Å². The number of thioether (sulfide) groups is 1. The molecule has 0 aromatic heterocycles. The highest BCUT2D eigenvalue weighted by Crippen LogP contribution is 2.20. The van der Waals surface area contributed by atoms with E-state index in [1.165, 1.54) is 0 Å². The molecule has 2 rings (SSSR count). The van der Waals surface area contributed by atoms with Crippen LogP contribution in [-0.2, 0) is 0 Å². The fourth-order valence-electron chi connectivity index (χ4n) is 1.85. The van der Waals surface area contributed by atoms with E-state index < -0.39 is 0 Å². The van der Waals surface area contributed by atoms with Gasteiger partial charge in [-0.3, -0.25) is 4.79 Å². The third kappa shape index (κ3) is 3.39. The van der Waals surface area contributed by atoms with E-state index in [0.717, 1.165) is 28.8 Å². The molecule has 0 unspecified atom stereocenters. The summed E-state index contributed by atoms with van der Waals surface area (Å²) in [4.78, 5) is 12.0. The Labute approximate surface area is 114 Å². The molecule has 1 amide bonds. The largest absolute Gasteiger partial charge is 0.398 e. The van der Waals surface area contributed by atoms with Crippen LogP contribution < -0.4 is 11.1 Å². The Morgan fingerprint density at radius 1 is 1.41 bits per heavy atom. The normalized spacial score (nSPS) is 16.8. The Bertz CT molecular complexity index is 419. The predicted molar refractivity (Wildman–Crippen MR) is 76.4 cm³/mol. The molecule has 1 aliphatic rings. The monoisotopic (exact) mass is 314 g/mol. The summed E-state index contributed by atoms with van der Waals surface area (Å²) in [5, 5.41) is 3.05. The summed E-state index contributed by atoms with van der Waals surface area (Å²) in [6.07, 6.45) is 2.10. The SMILES string of the molecule is Nc1cc(Br)ccc1C(=O)NC1CCSCC1. The van der Waals surface area contributed by atoms with E-state index in [9.17, 15) is 4.79 Å². The molecule has 0 saturated carbocycles. The highest BCUT2D eigenvalue weighted by Gasteiger charge is 2.18. The van der Waals surface area contributed by atoms with Gasteiger partial charge in [0.1, 0.15) is 0 Å². The summed E-state index contributed by atoms with van der Waals surface area (Å²) in [5.74, 6) is 2.19. The van der Waals surface area contributed by atoms with Crippen LogP contribution >= 0.6 is 27.7 Å². The van der Waals surface area contributed by atoms with Crippen LogP contribution in [0.1, 0.15) is 23.2 Å². The van der Waals surface area contributed by atoms with Gasteiger partial charge in [0.05, 0.1) is 5.56 Å². The van der Waals surface area contributed by atoms with E-state index in [1.807, 2.05) is 17.8 Å². The van der Waals surface area contributed by atoms with Crippen LogP contribution in [0.25, 0.3) is 0 Å². The Morgan fingerprint density at radius 2 is 2.12 bits per heavy atom. The molecule has 92 valence electrons. The second-order valence-corrected chi connectivity index (χ2v) is 6.23. The number of nitrogen functional groups attached to an aromatic ring is 1. The minimum absolute atomic E-state index is 0.0631.